The highest BCUT2D eigenvalue weighted by atomic mass is 127. The van der Waals surface area contributed by atoms with Crippen LogP contribution in [0.5, 0.6) is 0 Å². The molecule has 0 radical (unpaired) electrons. The first kappa shape index (κ1) is 24.8. The highest BCUT2D eigenvalue weighted by Crippen LogP contribution is 2.33. The lowest BCUT2D eigenvalue weighted by molar-refractivity contribution is 0.365. The monoisotopic (exact) mass is 507 g/mol. The summed E-state index contributed by atoms with van der Waals surface area (Å²) in [4.78, 5) is 0. The number of halogens is 1. The summed E-state index contributed by atoms with van der Waals surface area (Å²) in [6, 6.07) is 0.285. The molecule has 7 heteroatoms. The Balaban J connectivity index is 2.55. The first-order valence-corrected chi connectivity index (χ1v) is 13.6. The quantitative estimate of drug-likeness (QED) is 0.117. The van der Waals surface area contributed by atoms with Gasteiger partial charge in [0.1, 0.15) is 6.54 Å². The van der Waals surface area contributed by atoms with Gasteiger partial charge in [-0.1, -0.05) is 58.3 Å². The van der Waals surface area contributed by atoms with E-state index in [4.69, 9.17) is 16.6 Å². The van der Waals surface area contributed by atoms with E-state index in [1.807, 2.05) is 22.9 Å². The molecule has 2 unspecified atom stereocenters. The second-order valence-electron chi connectivity index (χ2n) is 7.86. The number of hydrogen-bond acceptors (Lipinski definition) is 5. The van der Waals surface area contributed by atoms with E-state index in [-0.39, 0.29) is 18.5 Å². The van der Waals surface area contributed by atoms with Crippen molar-refractivity contribution in [2.45, 2.75) is 83.6 Å². The van der Waals surface area contributed by atoms with Gasteiger partial charge in [0.15, 0.2) is 0 Å². The van der Waals surface area contributed by atoms with Crippen molar-refractivity contribution in [3.8, 4) is 5.69 Å². The standard InChI is InChI=1S/C20H38IN5S/c1-4-5-6-7-8-9-12-15-27(2,3)26-19-14-11-10-13-17(19)20(25-21)18(22)16-24-23/h2,17,19,22-23,26H,4-16H2,1,3H3/b22-18?,24-23?,25-20-/t17?,19-/m0/s1. The molecule has 1 saturated carbocycles. The lowest BCUT2D eigenvalue weighted by atomic mass is 9.80. The van der Waals surface area contributed by atoms with Crippen molar-refractivity contribution in [1.29, 1.82) is 10.9 Å². The average Bonchev–Trinajstić information content (AvgIpc) is 2.63. The fraction of sp³-hybridized carbons (Fsp3) is 0.850. The Bertz CT molecular complexity index is 592. The Kier molecular flexibility index (Phi) is 12.7. The molecule has 3 N–H and O–H groups in total. The van der Waals surface area contributed by atoms with Gasteiger partial charge in [0.05, 0.1) is 34.3 Å². The zero-order valence-corrected chi connectivity index (χ0v) is 20.1. The fourth-order valence-electron chi connectivity index (χ4n) is 3.86. The molecule has 3 atom stereocenters. The number of unbranched alkanes of at least 4 members (excludes halogenated alkanes) is 6. The van der Waals surface area contributed by atoms with Crippen molar-refractivity contribution in [3.05, 3.63) is 0 Å². The third kappa shape index (κ3) is 9.68. The van der Waals surface area contributed by atoms with E-state index in [0.29, 0.717) is 5.71 Å². The topological polar surface area (TPSA) is 84.5 Å². The SMILES string of the molecule is C#S(C)(CCCCCCCCC)N[C@H]1CCCCC1/C(=N/I)C(=N)CN=N. The maximum absolute atomic E-state index is 8.21. The molecular weight excluding hydrogens is 469 g/mol. The van der Waals surface area contributed by atoms with Crippen molar-refractivity contribution in [1.82, 2.24) is 4.72 Å². The van der Waals surface area contributed by atoms with Crippen molar-refractivity contribution in [2.75, 3.05) is 18.6 Å². The fourth-order valence-corrected chi connectivity index (χ4v) is 6.40. The summed E-state index contributed by atoms with van der Waals surface area (Å²) in [6.45, 7) is 2.38. The molecule has 1 aliphatic carbocycles. The zero-order chi connectivity index (χ0) is 20.1. The number of nitrogens with one attached hydrogen (secondary N) is 3. The lowest BCUT2D eigenvalue weighted by Gasteiger charge is -2.36. The largest absolute Gasteiger partial charge is 0.301 e. The summed E-state index contributed by atoms with van der Waals surface area (Å²) >= 11 is 1.99. The molecule has 0 aromatic rings. The van der Waals surface area contributed by atoms with E-state index in [1.165, 1.54) is 51.4 Å². The predicted molar refractivity (Wildman–Crippen MR) is 129 cm³/mol. The van der Waals surface area contributed by atoms with Gasteiger partial charge in [-0.15, -0.1) is 15.3 Å². The van der Waals surface area contributed by atoms with Crippen LogP contribution in [0.1, 0.15) is 77.6 Å². The summed E-state index contributed by atoms with van der Waals surface area (Å²) in [5, 5.41) is 11.6. The van der Waals surface area contributed by atoms with E-state index in [9.17, 15) is 0 Å². The van der Waals surface area contributed by atoms with Gasteiger partial charge in [0.25, 0.3) is 0 Å². The molecule has 0 bridgehead atoms. The lowest BCUT2D eigenvalue weighted by Crippen LogP contribution is -2.44. The zero-order valence-electron chi connectivity index (χ0n) is 17.1. The molecule has 5 nitrogen and oxygen atoms in total. The maximum atomic E-state index is 8.21. The summed E-state index contributed by atoms with van der Waals surface area (Å²) in [5.74, 6) is 1.27. The minimum absolute atomic E-state index is 0.121. The molecule has 1 fully saturated rings. The summed E-state index contributed by atoms with van der Waals surface area (Å²) in [6.07, 6.45) is 15.8. The van der Waals surface area contributed by atoms with Crippen molar-refractivity contribution in [3.63, 3.8) is 0 Å². The van der Waals surface area contributed by atoms with Gasteiger partial charge in [-0.3, -0.25) is 4.72 Å². The van der Waals surface area contributed by atoms with E-state index in [2.05, 4.69) is 26.2 Å². The summed E-state index contributed by atoms with van der Waals surface area (Å²) < 4.78 is 8.14. The second kappa shape index (κ2) is 13.9. The Labute approximate surface area is 181 Å². The molecule has 1 rings (SSSR count). The molecule has 1 aliphatic rings. The van der Waals surface area contributed by atoms with Gasteiger partial charge < -0.3 is 5.41 Å². The second-order valence-corrected chi connectivity index (χ2v) is 11.3. The van der Waals surface area contributed by atoms with Crippen LogP contribution in [-0.2, 0) is 0 Å². The molecule has 0 amide bonds. The van der Waals surface area contributed by atoms with Gasteiger partial charge in [0, 0.05) is 12.0 Å². The van der Waals surface area contributed by atoms with Crippen LogP contribution in [-0.4, -0.2) is 36.0 Å². The van der Waals surface area contributed by atoms with Crippen LogP contribution in [0.15, 0.2) is 8.32 Å². The van der Waals surface area contributed by atoms with Gasteiger partial charge in [0.2, 0.25) is 0 Å². The minimum atomic E-state index is -1.33. The highest BCUT2D eigenvalue weighted by molar-refractivity contribution is 14.1. The van der Waals surface area contributed by atoms with Gasteiger partial charge in [-0.25, -0.2) is 8.74 Å². The smallest absolute Gasteiger partial charge is 0.103 e. The molecule has 0 spiro atoms. The Morgan fingerprint density at radius 3 is 2.41 bits per heavy atom. The molecule has 0 aromatic carbocycles. The van der Waals surface area contributed by atoms with Crippen molar-refractivity contribution in [2.24, 2.45) is 14.2 Å². The molecule has 0 saturated heterocycles. The van der Waals surface area contributed by atoms with Crippen molar-refractivity contribution >= 4 is 43.9 Å². The molecule has 0 heterocycles. The molecular formula is C20H38IN5S. The molecule has 156 valence electrons. The average molecular weight is 508 g/mol. The summed E-state index contributed by atoms with van der Waals surface area (Å²) in [7, 11) is -1.33. The van der Waals surface area contributed by atoms with E-state index in [1.54, 1.807) is 0 Å². The normalized spacial score (nSPS) is 23.0. The van der Waals surface area contributed by atoms with Crippen LogP contribution in [0.4, 0.5) is 0 Å². The van der Waals surface area contributed by atoms with Gasteiger partial charge in [-0.2, -0.15) is 5.11 Å². The number of nitrogens with zero attached hydrogens (tertiary/aromatic N) is 2. The highest BCUT2D eigenvalue weighted by Gasteiger charge is 2.32. The maximum Gasteiger partial charge on any atom is 0.103 e. The van der Waals surface area contributed by atoms with Crippen LogP contribution in [0.2, 0.25) is 0 Å². The van der Waals surface area contributed by atoms with E-state index < -0.39 is 9.62 Å². The van der Waals surface area contributed by atoms with Gasteiger partial charge >= 0.3 is 0 Å². The van der Waals surface area contributed by atoms with Crippen LogP contribution >= 0.6 is 32.5 Å². The first-order valence-electron chi connectivity index (χ1n) is 10.4. The van der Waals surface area contributed by atoms with Gasteiger partial charge in [-0.05, 0) is 31.3 Å². The predicted octanol–water partition coefficient (Wildman–Crippen LogP) is 6.67. The third-order valence-electron chi connectivity index (χ3n) is 5.35. The Morgan fingerprint density at radius 2 is 1.78 bits per heavy atom. The molecule has 0 aromatic heterocycles. The van der Waals surface area contributed by atoms with Crippen LogP contribution in [0.25, 0.3) is 0 Å². The van der Waals surface area contributed by atoms with E-state index in [0.717, 1.165) is 30.7 Å². The summed E-state index contributed by atoms with van der Waals surface area (Å²) in [5.41, 5.74) is 14.9. The Morgan fingerprint density at radius 1 is 1.15 bits per heavy atom. The first-order chi connectivity index (χ1) is 12.9. The Hall–Kier alpha value is -0.240. The van der Waals surface area contributed by atoms with Crippen LogP contribution in [0, 0.1) is 22.5 Å². The molecule has 27 heavy (non-hydrogen) atoms. The molecule has 0 aliphatic heterocycles. The minimum Gasteiger partial charge on any atom is -0.301 e. The van der Waals surface area contributed by atoms with Crippen molar-refractivity contribution < 1.29 is 0 Å². The van der Waals surface area contributed by atoms with E-state index >= 15 is 0 Å². The number of rotatable bonds is 12. The van der Waals surface area contributed by atoms with Crippen LogP contribution in [0.3, 0.4) is 0 Å². The number of hydrogen-bond donors (Lipinski definition) is 3. The van der Waals surface area contributed by atoms with Crippen LogP contribution < -0.4 is 4.72 Å². The third-order valence-corrected chi connectivity index (χ3v) is 7.84.